The maximum Gasteiger partial charge on any atom is 0.407 e. The van der Waals surface area contributed by atoms with Gasteiger partial charge in [-0.15, -0.1) is 0 Å². The Morgan fingerprint density at radius 3 is 2.52 bits per heavy atom. The minimum atomic E-state index is -1.14. The number of hydrogen-bond donors (Lipinski definition) is 2. The molecule has 3 aromatic rings. The summed E-state index contributed by atoms with van der Waals surface area (Å²) in [7, 11) is 0. The van der Waals surface area contributed by atoms with Gasteiger partial charge in [0.15, 0.2) is 0 Å². The molecule has 3 atom stereocenters. The first kappa shape index (κ1) is 29.2. The molecule has 0 unspecified atom stereocenters. The van der Waals surface area contributed by atoms with E-state index in [-0.39, 0.29) is 26.2 Å². The summed E-state index contributed by atoms with van der Waals surface area (Å²) in [6, 6.07) is 15.1. The van der Waals surface area contributed by atoms with Crippen molar-refractivity contribution in [3.8, 4) is 22.8 Å². The third-order valence-corrected chi connectivity index (χ3v) is 7.54. The number of cyclic esters (lactones) is 1. The zero-order chi connectivity index (χ0) is 30.2. The fourth-order valence-corrected chi connectivity index (χ4v) is 5.22. The molecule has 2 N–H and O–H groups in total. The molecule has 0 radical (unpaired) electrons. The monoisotopic (exact) mass is 575 g/mol. The number of benzene rings is 2. The van der Waals surface area contributed by atoms with Crippen molar-refractivity contribution in [1.29, 1.82) is 0 Å². The van der Waals surface area contributed by atoms with Gasteiger partial charge in [-0.2, -0.15) is 0 Å². The Morgan fingerprint density at radius 2 is 1.79 bits per heavy atom. The number of alkyl carbamates (subject to hydrolysis) is 1. The molecule has 4 bridgehead atoms. The van der Waals surface area contributed by atoms with Gasteiger partial charge in [-0.1, -0.05) is 65.0 Å². The Balaban J connectivity index is 1.60. The molecule has 1 aromatic heterocycles. The fraction of sp³-hybridized carbons (Fsp3) is 0.438. The summed E-state index contributed by atoms with van der Waals surface area (Å²) >= 11 is 0. The van der Waals surface area contributed by atoms with Crippen LogP contribution in [0.4, 0.5) is 4.79 Å². The predicted molar refractivity (Wildman–Crippen MR) is 156 cm³/mol. The van der Waals surface area contributed by atoms with Crippen LogP contribution in [-0.4, -0.2) is 70.9 Å². The van der Waals surface area contributed by atoms with Gasteiger partial charge in [-0.25, -0.2) is 14.6 Å². The van der Waals surface area contributed by atoms with Crippen LogP contribution in [0.5, 0.6) is 11.6 Å². The third kappa shape index (κ3) is 6.27. The Labute approximate surface area is 245 Å². The maximum absolute atomic E-state index is 13.9. The summed E-state index contributed by atoms with van der Waals surface area (Å²) in [5, 5.41) is 13.7. The standard InChI is InChI=1S/C32H37N3O7/c1-31(2,3)26-28(36)35-16-22(15-25(35)29(37)38)42-27-23(14-20-9-6-7-12-24(20)33-27)19-10-8-11-21(13-19)40-17-32(4,5)18-41-30(39)34-26/h6-14,22,25-26H,15-18H2,1-5H3,(H,34,39)(H,37,38)/t22-,25+,26-/m1/s1. The normalized spacial score (nSPS) is 23.0. The lowest BCUT2D eigenvalue weighted by atomic mass is 9.85. The molecule has 2 amide bonds. The fourth-order valence-electron chi connectivity index (χ4n) is 5.22. The lowest BCUT2D eigenvalue weighted by Crippen LogP contribution is -2.57. The van der Waals surface area contributed by atoms with E-state index in [9.17, 15) is 19.5 Å². The lowest BCUT2D eigenvalue weighted by Gasteiger charge is -2.34. The average molecular weight is 576 g/mol. The smallest absolute Gasteiger partial charge is 0.407 e. The van der Waals surface area contributed by atoms with Gasteiger partial charge in [0.05, 0.1) is 18.7 Å². The van der Waals surface area contributed by atoms with E-state index >= 15 is 0 Å². The summed E-state index contributed by atoms with van der Waals surface area (Å²) in [4.78, 5) is 45.2. The average Bonchev–Trinajstić information content (AvgIpc) is 3.36. The molecular formula is C32H37N3O7. The SMILES string of the molecule is CC1(C)COC(=O)N[C@@H](C(C)(C)C)C(=O)N2C[C@@H](C[C@H]2C(=O)O)Oc2nc3ccccc3cc2-c2cccc(c2)OC1. The number of carboxylic acid groups (broad SMARTS) is 1. The molecule has 1 saturated heterocycles. The van der Waals surface area contributed by atoms with E-state index in [0.29, 0.717) is 11.6 Å². The van der Waals surface area contributed by atoms with Gasteiger partial charge in [0.1, 0.15) is 30.5 Å². The number of carbonyl (C=O) groups is 3. The van der Waals surface area contributed by atoms with Crippen molar-refractivity contribution >= 4 is 28.9 Å². The van der Waals surface area contributed by atoms with Crippen LogP contribution in [0, 0.1) is 10.8 Å². The molecule has 0 aliphatic carbocycles. The largest absolute Gasteiger partial charge is 0.493 e. The second-order valence-corrected chi connectivity index (χ2v) is 12.9. The van der Waals surface area contributed by atoms with Gasteiger partial charge in [-0.3, -0.25) is 4.79 Å². The van der Waals surface area contributed by atoms with Crippen LogP contribution in [-0.2, 0) is 14.3 Å². The predicted octanol–water partition coefficient (Wildman–Crippen LogP) is 4.89. The number of aromatic nitrogens is 1. The highest BCUT2D eigenvalue weighted by Crippen LogP contribution is 2.36. The number of fused-ring (bicyclic) bond motifs is 7. The molecule has 10 nitrogen and oxygen atoms in total. The number of nitrogens with zero attached hydrogens (tertiary/aromatic N) is 2. The van der Waals surface area contributed by atoms with E-state index in [4.69, 9.17) is 19.2 Å². The molecule has 2 aromatic carbocycles. The Bertz CT molecular complexity index is 1510. The van der Waals surface area contributed by atoms with Crippen molar-refractivity contribution in [3.05, 3.63) is 54.6 Å². The maximum atomic E-state index is 13.9. The minimum Gasteiger partial charge on any atom is -0.493 e. The van der Waals surface area contributed by atoms with E-state index in [1.54, 1.807) is 20.8 Å². The second kappa shape index (κ2) is 11.2. The molecule has 42 heavy (non-hydrogen) atoms. The molecule has 10 heteroatoms. The molecule has 222 valence electrons. The van der Waals surface area contributed by atoms with E-state index in [1.165, 1.54) is 4.90 Å². The van der Waals surface area contributed by atoms with Crippen molar-refractivity contribution in [3.63, 3.8) is 0 Å². The molecule has 2 aliphatic heterocycles. The molecule has 2 aliphatic rings. The molecule has 1 fully saturated rings. The lowest BCUT2D eigenvalue weighted by molar-refractivity contribution is -0.150. The topological polar surface area (TPSA) is 127 Å². The number of amides is 2. The first-order valence-electron chi connectivity index (χ1n) is 14.1. The van der Waals surface area contributed by atoms with Crippen molar-refractivity contribution in [1.82, 2.24) is 15.2 Å². The zero-order valence-corrected chi connectivity index (χ0v) is 24.5. The Hall–Kier alpha value is -4.34. The number of aliphatic carboxylic acids is 1. The van der Waals surface area contributed by atoms with E-state index < -0.39 is 47.0 Å². The Kier molecular flexibility index (Phi) is 7.74. The van der Waals surface area contributed by atoms with Gasteiger partial charge in [0.25, 0.3) is 0 Å². The molecule has 3 heterocycles. The van der Waals surface area contributed by atoms with Crippen molar-refractivity contribution in [2.75, 3.05) is 19.8 Å². The second-order valence-electron chi connectivity index (χ2n) is 12.9. The van der Waals surface area contributed by atoms with Crippen molar-refractivity contribution < 1.29 is 33.7 Å². The number of carbonyl (C=O) groups excluding carboxylic acids is 2. The number of pyridine rings is 1. The van der Waals surface area contributed by atoms with Gasteiger partial charge < -0.3 is 29.5 Å². The number of para-hydroxylation sites is 1. The van der Waals surface area contributed by atoms with Gasteiger partial charge in [-0.05, 0) is 35.2 Å². The number of nitrogens with one attached hydrogen (secondary N) is 1. The van der Waals surface area contributed by atoms with Crippen LogP contribution < -0.4 is 14.8 Å². The van der Waals surface area contributed by atoms with Crippen LogP contribution in [0.1, 0.15) is 41.0 Å². The van der Waals surface area contributed by atoms with E-state index in [1.807, 2.05) is 68.4 Å². The highest BCUT2D eigenvalue weighted by Gasteiger charge is 2.46. The van der Waals surface area contributed by atoms with Crippen LogP contribution in [0.25, 0.3) is 22.0 Å². The minimum absolute atomic E-state index is 0.0171. The summed E-state index contributed by atoms with van der Waals surface area (Å²) in [6.45, 7) is 9.56. The highest BCUT2D eigenvalue weighted by atomic mass is 16.6. The van der Waals surface area contributed by atoms with Crippen LogP contribution in [0.15, 0.2) is 54.6 Å². The van der Waals surface area contributed by atoms with Crippen LogP contribution in [0.3, 0.4) is 0 Å². The van der Waals surface area contributed by atoms with Crippen LogP contribution in [0.2, 0.25) is 0 Å². The van der Waals surface area contributed by atoms with E-state index in [0.717, 1.165) is 22.0 Å². The van der Waals surface area contributed by atoms with Crippen LogP contribution >= 0.6 is 0 Å². The summed E-state index contributed by atoms with van der Waals surface area (Å²) in [5.41, 5.74) is 0.981. The number of hydrogen-bond acceptors (Lipinski definition) is 7. The summed E-state index contributed by atoms with van der Waals surface area (Å²) in [6.07, 6.45) is -1.34. The molecule has 0 saturated carbocycles. The van der Waals surface area contributed by atoms with Crippen molar-refractivity contribution in [2.24, 2.45) is 10.8 Å². The van der Waals surface area contributed by atoms with Crippen molar-refractivity contribution in [2.45, 2.75) is 59.2 Å². The molecular weight excluding hydrogens is 538 g/mol. The summed E-state index contributed by atoms with van der Waals surface area (Å²) < 4.78 is 18.1. The number of rotatable bonds is 1. The number of ether oxygens (including phenoxy) is 3. The highest BCUT2D eigenvalue weighted by molar-refractivity contribution is 5.91. The molecule has 5 rings (SSSR count). The van der Waals surface area contributed by atoms with Gasteiger partial charge >= 0.3 is 12.1 Å². The first-order valence-corrected chi connectivity index (χ1v) is 14.1. The zero-order valence-electron chi connectivity index (χ0n) is 24.5. The molecule has 0 spiro atoms. The number of carboxylic acids is 1. The summed E-state index contributed by atoms with van der Waals surface area (Å²) in [5.74, 6) is -0.693. The third-order valence-electron chi connectivity index (χ3n) is 7.54. The first-order chi connectivity index (χ1) is 19.8. The Morgan fingerprint density at radius 1 is 1.05 bits per heavy atom. The quantitative estimate of drug-likeness (QED) is 0.420. The van der Waals surface area contributed by atoms with E-state index in [2.05, 4.69) is 5.32 Å². The van der Waals surface area contributed by atoms with Gasteiger partial charge in [0.2, 0.25) is 11.8 Å². The van der Waals surface area contributed by atoms with Gasteiger partial charge in [0, 0.05) is 22.8 Å².